The van der Waals surface area contributed by atoms with Gasteiger partial charge in [0.15, 0.2) is 0 Å². The van der Waals surface area contributed by atoms with Crippen LogP contribution in [-0.2, 0) is 4.79 Å². The molecule has 2 amide bonds. The second kappa shape index (κ2) is 12.0. The van der Waals surface area contributed by atoms with Gasteiger partial charge >= 0.3 is 0 Å². The molecular formula is C25H29Cl4N3O2. The molecule has 0 saturated carbocycles. The molecule has 9 heteroatoms. The van der Waals surface area contributed by atoms with Crippen molar-refractivity contribution in [2.45, 2.75) is 31.2 Å². The van der Waals surface area contributed by atoms with Crippen LogP contribution in [0.5, 0.6) is 0 Å². The fourth-order valence-electron chi connectivity index (χ4n) is 4.94. The van der Waals surface area contributed by atoms with Crippen molar-refractivity contribution >= 4 is 59.0 Å². The van der Waals surface area contributed by atoms with Crippen LogP contribution in [0.4, 0.5) is 0 Å². The smallest absolute Gasteiger partial charge is 0.253 e. The molecule has 0 aliphatic carbocycles. The minimum Gasteiger partial charge on any atom is -0.342 e. The number of likely N-dealkylation sites (N-methyl/N-ethyl adjacent to an activating group) is 1. The molecule has 2 heterocycles. The molecule has 5 nitrogen and oxygen atoms in total. The quantitative estimate of drug-likeness (QED) is 0.551. The van der Waals surface area contributed by atoms with Crippen molar-refractivity contribution in [1.29, 1.82) is 0 Å². The molecule has 2 aliphatic rings. The molecule has 2 aliphatic heterocycles. The molecule has 1 unspecified atom stereocenters. The number of piperidine rings is 2. The van der Waals surface area contributed by atoms with Gasteiger partial charge in [-0.15, -0.1) is 12.4 Å². The summed E-state index contributed by atoms with van der Waals surface area (Å²) < 4.78 is 0. The number of hydrogen-bond donors (Lipinski definition) is 1. The Morgan fingerprint density at radius 3 is 2.41 bits per heavy atom. The number of benzene rings is 2. The van der Waals surface area contributed by atoms with E-state index in [-0.39, 0.29) is 42.1 Å². The Morgan fingerprint density at radius 2 is 1.76 bits per heavy atom. The van der Waals surface area contributed by atoms with Crippen LogP contribution in [0.25, 0.3) is 0 Å². The summed E-state index contributed by atoms with van der Waals surface area (Å²) in [7, 11) is 1.83. The minimum absolute atomic E-state index is 0. The second-order valence-electron chi connectivity index (χ2n) is 8.89. The van der Waals surface area contributed by atoms with Gasteiger partial charge in [-0.2, -0.15) is 0 Å². The molecular weight excluding hydrogens is 516 g/mol. The van der Waals surface area contributed by atoms with Gasteiger partial charge in [0.1, 0.15) is 0 Å². The summed E-state index contributed by atoms with van der Waals surface area (Å²) in [5.41, 5.74) is 1.56. The Bertz CT molecular complexity index is 1010. The summed E-state index contributed by atoms with van der Waals surface area (Å²) in [6, 6.07) is 12.4. The van der Waals surface area contributed by atoms with Crippen LogP contribution in [-0.4, -0.2) is 60.9 Å². The van der Waals surface area contributed by atoms with E-state index in [9.17, 15) is 9.59 Å². The Labute approximate surface area is 222 Å². The third-order valence-electron chi connectivity index (χ3n) is 6.81. The maximum atomic E-state index is 13.3. The molecule has 0 radical (unpaired) electrons. The normalized spacial score (nSPS) is 22.6. The van der Waals surface area contributed by atoms with Gasteiger partial charge in [0.25, 0.3) is 5.91 Å². The number of carbonyl (C=O) groups is 2. The minimum atomic E-state index is -0.0843. The molecule has 2 saturated heterocycles. The SMILES string of the molecule is CN(C(=O)c1ccc(Cl)cc1)[C@@H]1CCN(C(=O)C2CCCNC2)C[C@H]1c1ccc(Cl)c(Cl)c1.Cl. The van der Waals surface area contributed by atoms with Crippen molar-refractivity contribution in [2.24, 2.45) is 5.92 Å². The average molecular weight is 545 g/mol. The highest BCUT2D eigenvalue weighted by Gasteiger charge is 2.38. The van der Waals surface area contributed by atoms with Crippen LogP contribution in [0.3, 0.4) is 0 Å². The van der Waals surface area contributed by atoms with E-state index in [1.54, 1.807) is 35.2 Å². The summed E-state index contributed by atoms with van der Waals surface area (Å²) >= 11 is 18.5. The zero-order valence-electron chi connectivity index (χ0n) is 19.0. The fraction of sp³-hybridized carbons (Fsp3) is 0.440. The van der Waals surface area contributed by atoms with Crippen LogP contribution in [0.15, 0.2) is 42.5 Å². The molecule has 3 atom stereocenters. The Morgan fingerprint density at radius 1 is 1.03 bits per heavy atom. The molecule has 2 aromatic carbocycles. The van der Waals surface area contributed by atoms with E-state index in [1.807, 2.05) is 24.1 Å². The molecule has 1 N–H and O–H groups in total. The van der Waals surface area contributed by atoms with Crippen LogP contribution in [0.1, 0.15) is 41.1 Å². The predicted octanol–water partition coefficient (Wildman–Crippen LogP) is 5.52. The number of nitrogens with one attached hydrogen (secondary N) is 1. The van der Waals surface area contributed by atoms with E-state index < -0.39 is 0 Å². The monoisotopic (exact) mass is 543 g/mol. The van der Waals surface area contributed by atoms with Crippen molar-refractivity contribution in [3.63, 3.8) is 0 Å². The highest BCUT2D eigenvalue weighted by Crippen LogP contribution is 2.35. The molecule has 0 bridgehead atoms. The van der Waals surface area contributed by atoms with Gasteiger partial charge in [0, 0.05) is 49.2 Å². The Kier molecular flexibility index (Phi) is 9.53. The first-order valence-corrected chi connectivity index (χ1v) is 12.5. The highest BCUT2D eigenvalue weighted by molar-refractivity contribution is 6.42. The summed E-state index contributed by atoms with van der Waals surface area (Å²) in [6.07, 6.45) is 2.62. The standard InChI is InChI=1S/C25H28Cl3N3O2.ClH/c1-30(24(32)16-4-7-19(26)8-5-16)23-10-12-31(25(33)18-3-2-11-29-14-18)15-20(23)17-6-9-21(27)22(28)13-17;/h4-9,13,18,20,23,29H,2-3,10-12,14-15H2,1H3;1H/t18?,20-,23+;/m0./s1. The summed E-state index contributed by atoms with van der Waals surface area (Å²) in [4.78, 5) is 30.3. The summed E-state index contributed by atoms with van der Waals surface area (Å²) in [5.74, 6) is 0.0591. The number of hydrogen-bond acceptors (Lipinski definition) is 3. The van der Waals surface area contributed by atoms with Crippen molar-refractivity contribution < 1.29 is 9.59 Å². The third kappa shape index (κ3) is 6.00. The Hall–Kier alpha value is -1.50. The van der Waals surface area contributed by atoms with Crippen molar-refractivity contribution in [3.8, 4) is 0 Å². The average Bonchev–Trinajstić information content (AvgIpc) is 2.85. The zero-order valence-corrected chi connectivity index (χ0v) is 22.1. The number of halogens is 4. The zero-order chi connectivity index (χ0) is 23.5. The predicted molar refractivity (Wildman–Crippen MR) is 141 cm³/mol. The van der Waals surface area contributed by atoms with E-state index >= 15 is 0 Å². The van der Waals surface area contributed by atoms with Gasteiger partial charge < -0.3 is 15.1 Å². The van der Waals surface area contributed by atoms with Gasteiger partial charge in [-0.1, -0.05) is 40.9 Å². The molecule has 2 aromatic rings. The van der Waals surface area contributed by atoms with E-state index in [4.69, 9.17) is 34.8 Å². The number of rotatable bonds is 4. The topological polar surface area (TPSA) is 52.7 Å². The third-order valence-corrected chi connectivity index (χ3v) is 7.81. The lowest BCUT2D eigenvalue weighted by atomic mass is 9.84. The van der Waals surface area contributed by atoms with E-state index in [0.29, 0.717) is 40.1 Å². The lowest BCUT2D eigenvalue weighted by Gasteiger charge is -2.44. The van der Waals surface area contributed by atoms with E-state index in [2.05, 4.69) is 5.32 Å². The van der Waals surface area contributed by atoms with Crippen LogP contribution in [0, 0.1) is 5.92 Å². The van der Waals surface area contributed by atoms with Crippen molar-refractivity contribution in [1.82, 2.24) is 15.1 Å². The summed E-state index contributed by atoms with van der Waals surface area (Å²) in [5, 5.41) is 4.88. The van der Waals surface area contributed by atoms with Crippen LogP contribution < -0.4 is 5.32 Å². The number of nitrogens with zero attached hydrogens (tertiary/aromatic N) is 2. The first-order chi connectivity index (χ1) is 15.8. The lowest BCUT2D eigenvalue weighted by Crippen LogP contribution is -2.54. The van der Waals surface area contributed by atoms with Crippen LogP contribution >= 0.6 is 47.2 Å². The van der Waals surface area contributed by atoms with Gasteiger partial charge in [-0.3, -0.25) is 9.59 Å². The molecule has 184 valence electrons. The number of carbonyl (C=O) groups excluding carboxylic acids is 2. The largest absolute Gasteiger partial charge is 0.342 e. The van der Waals surface area contributed by atoms with Crippen molar-refractivity contribution in [3.05, 3.63) is 68.7 Å². The lowest BCUT2D eigenvalue weighted by molar-refractivity contribution is -0.138. The van der Waals surface area contributed by atoms with Gasteiger partial charge in [-0.05, 0) is 67.8 Å². The first-order valence-electron chi connectivity index (χ1n) is 11.3. The van der Waals surface area contributed by atoms with Gasteiger partial charge in [0.2, 0.25) is 5.91 Å². The molecule has 0 aromatic heterocycles. The fourth-order valence-corrected chi connectivity index (χ4v) is 5.37. The molecule has 0 spiro atoms. The summed E-state index contributed by atoms with van der Waals surface area (Å²) in [6.45, 7) is 2.85. The number of likely N-dealkylation sites (tertiary alicyclic amines) is 1. The maximum absolute atomic E-state index is 13.3. The second-order valence-corrected chi connectivity index (χ2v) is 10.1. The van der Waals surface area contributed by atoms with E-state index in [1.165, 1.54) is 0 Å². The highest BCUT2D eigenvalue weighted by atomic mass is 35.5. The molecule has 34 heavy (non-hydrogen) atoms. The van der Waals surface area contributed by atoms with Crippen molar-refractivity contribution in [2.75, 3.05) is 33.2 Å². The first kappa shape index (κ1) is 27.1. The number of amides is 2. The Balaban J connectivity index is 0.00000324. The van der Waals surface area contributed by atoms with Gasteiger partial charge in [-0.25, -0.2) is 0 Å². The maximum Gasteiger partial charge on any atom is 0.253 e. The van der Waals surface area contributed by atoms with Crippen LogP contribution in [0.2, 0.25) is 15.1 Å². The van der Waals surface area contributed by atoms with E-state index in [0.717, 1.165) is 31.5 Å². The molecule has 2 fully saturated rings. The van der Waals surface area contributed by atoms with Gasteiger partial charge in [0.05, 0.1) is 16.0 Å². The molecule has 4 rings (SSSR count).